The molecule has 0 spiro atoms. The van der Waals surface area contributed by atoms with Crippen molar-refractivity contribution in [3.8, 4) is 0 Å². The van der Waals surface area contributed by atoms with E-state index in [1.807, 2.05) is 36.1 Å². The van der Waals surface area contributed by atoms with Crippen LogP contribution in [0.2, 0.25) is 0 Å². The predicted molar refractivity (Wildman–Crippen MR) is 89.4 cm³/mol. The van der Waals surface area contributed by atoms with Crippen molar-refractivity contribution in [2.75, 3.05) is 13.1 Å². The Morgan fingerprint density at radius 1 is 1.38 bits per heavy atom. The molecular formula is C17H20N6O. The Morgan fingerprint density at radius 3 is 3.08 bits per heavy atom. The molecule has 0 saturated carbocycles. The second-order valence-corrected chi connectivity index (χ2v) is 6.39. The smallest absolute Gasteiger partial charge is 0.244 e. The van der Waals surface area contributed by atoms with Crippen LogP contribution in [0.3, 0.4) is 0 Å². The highest BCUT2D eigenvalue weighted by Crippen LogP contribution is 2.26. The molecule has 7 heteroatoms. The zero-order valence-corrected chi connectivity index (χ0v) is 13.6. The molecule has 1 N–H and O–H groups in total. The molecule has 0 radical (unpaired) electrons. The van der Waals surface area contributed by atoms with Gasteiger partial charge in [0.2, 0.25) is 5.91 Å². The SMILES string of the molecule is Cc1cc([C@H]2CCCN(C(=O)Cn3nnc4ccccc43)C2)n[nH]1. The van der Waals surface area contributed by atoms with E-state index in [9.17, 15) is 4.79 Å². The van der Waals surface area contributed by atoms with Crippen LogP contribution in [0.1, 0.15) is 30.1 Å². The number of piperidine rings is 1. The van der Waals surface area contributed by atoms with E-state index in [4.69, 9.17) is 0 Å². The number of benzene rings is 1. The van der Waals surface area contributed by atoms with Gasteiger partial charge in [0.05, 0.1) is 11.2 Å². The predicted octanol–water partition coefficient (Wildman–Crippen LogP) is 1.87. The van der Waals surface area contributed by atoms with E-state index in [1.165, 1.54) is 0 Å². The molecule has 3 aromatic rings. The van der Waals surface area contributed by atoms with Crippen LogP contribution in [0.5, 0.6) is 0 Å². The van der Waals surface area contributed by atoms with Gasteiger partial charge < -0.3 is 4.90 Å². The summed E-state index contributed by atoms with van der Waals surface area (Å²) in [7, 11) is 0. The van der Waals surface area contributed by atoms with Gasteiger partial charge in [-0.15, -0.1) is 5.10 Å². The first-order valence-electron chi connectivity index (χ1n) is 8.28. The van der Waals surface area contributed by atoms with Gasteiger partial charge in [0.15, 0.2) is 0 Å². The maximum absolute atomic E-state index is 12.7. The third-order valence-corrected chi connectivity index (χ3v) is 4.62. The fraction of sp³-hybridized carbons (Fsp3) is 0.412. The summed E-state index contributed by atoms with van der Waals surface area (Å²) in [5.74, 6) is 0.391. The fourth-order valence-corrected chi connectivity index (χ4v) is 3.36. The highest BCUT2D eigenvalue weighted by Gasteiger charge is 2.26. The molecule has 1 aromatic carbocycles. The highest BCUT2D eigenvalue weighted by atomic mass is 16.2. The van der Waals surface area contributed by atoms with Crippen LogP contribution >= 0.6 is 0 Å². The Bertz CT molecular complexity index is 867. The van der Waals surface area contributed by atoms with E-state index in [2.05, 4.69) is 26.6 Å². The lowest BCUT2D eigenvalue weighted by atomic mass is 9.94. The molecule has 1 atom stereocenters. The van der Waals surface area contributed by atoms with Gasteiger partial charge >= 0.3 is 0 Å². The number of H-pyrrole nitrogens is 1. The second-order valence-electron chi connectivity index (χ2n) is 6.39. The molecule has 24 heavy (non-hydrogen) atoms. The fourth-order valence-electron chi connectivity index (χ4n) is 3.36. The third kappa shape index (κ3) is 2.77. The van der Waals surface area contributed by atoms with E-state index in [1.54, 1.807) is 4.68 Å². The number of amides is 1. The summed E-state index contributed by atoms with van der Waals surface area (Å²) in [4.78, 5) is 14.6. The lowest BCUT2D eigenvalue weighted by Crippen LogP contribution is -2.41. The number of aromatic nitrogens is 5. The van der Waals surface area contributed by atoms with E-state index in [-0.39, 0.29) is 12.5 Å². The van der Waals surface area contributed by atoms with Gasteiger partial charge in [0.25, 0.3) is 0 Å². The van der Waals surface area contributed by atoms with Crippen LogP contribution in [0.25, 0.3) is 11.0 Å². The molecule has 1 saturated heterocycles. The first kappa shape index (κ1) is 14.9. The molecule has 7 nitrogen and oxygen atoms in total. The molecule has 0 bridgehead atoms. The monoisotopic (exact) mass is 324 g/mol. The first-order chi connectivity index (χ1) is 11.7. The second kappa shape index (κ2) is 6.07. The van der Waals surface area contributed by atoms with Crippen LogP contribution in [0, 0.1) is 6.92 Å². The molecule has 4 rings (SSSR count). The van der Waals surface area contributed by atoms with Gasteiger partial charge in [-0.25, -0.2) is 4.68 Å². The number of carbonyl (C=O) groups is 1. The summed E-state index contributed by atoms with van der Waals surface area (Å²) in [5, 5.41) is 15.6. The summed E-state index contributed by atoms with van der Waals surface area (Å²) >= 11 is 0. The Morgan fingerprint density at radius 2 is 2.25 bits per heavy atom. The van der Waals surface area contributed by atoms with E-state index in [0.717, 1.165) is 48.4 Å². The normalized spacial score (nSPS) is 18.2. The van der Waals surface area contributed by atoms with Crippen LogP contribution < -0.4 is 0 Å². The molecule has 0 aliphatic carbocycles. The average molecular weight is 324 g/mol. The molecule has 1 aliphatic rings. The number of para-hydroxylation sites is 1. The van der Waals surface area contributed by atoms with Gasteiger partial charge in [-0.1, -0.05) is 17.3 Å². The van der Waals surface area contributed by atoms with Gasteiger partial charge in [0.1, 0.15) is 12.1 Å². The number of hydrogen-bond donors (Lipinski definition) is 1. The van der Waals surface area contributed by atoms with Crippen LogP contribution in [-0.4, -0.2) is 49.1 Å². The number of likely N-dealkylation sites (tertiary alicyclic amines) is 1. The number of hydrogen-bond acceptors (Lipinski definition) is 4. The van der Waals surface area contributed by atoms with E-state index < -0.39 is 0 Å². The van der Waals surface area contributed by atoms with Crippen molar-refractivity contribution in [1.29, 1.82) is 0 Å². The Balaban J connectivity index is 1.48. The van der Waals surface area contributed by atoms with E-state index in [0.29, 0.717) is 5.92 Å². The third-order valence-electron chi connectivity index (χ3n) is 4.62. The number of nitrogens with zero attached hydrogens (tertiary/aromatic N) is 5. The van der Waals surface area contributed by atoms with Crippen molar-refractivity contribution >= 4 is 16.9 Å². The van der Waals surface area contributed by atoms with Crippen LogP contribution in [0.4, 0.5) is 0 Å². The largest absolute Gasteiger partial charge is 0.340 e. The lowest BCUT2D eigenvalue weighted by molar-refractivity contribution is -0.133. The van der Waals surface area contributed by atoms with Crippen molar-refractivity contribution < 1.29 is 4.79 Å². The number of aryl methyl sites for hydroxylation is 1. The minimum atomic E-state index is 0.0858. The zero-order chi connectivity index (χ0) is 16.5. The lowest BCUT2D eigenvalue weighted by Gasteiger charge is -2.32. The van der Waals surface area contributed by atoms with Crippen LogP contribution in [-0.2, 0) is 11.3 Å². The summed E-state index contributed by atoms with van der Waals surface area (Å²) in [6.45, 7) is 3.74. The standard InChI is InChI=1S/C17H20N6O/c1-12-9-15(19-18-12)13-5-4-8-22(10-13)17(24)11-23-16-7-3-2-6-14(16)20-21-23/h2-3,6-7,9,13H,4-5,8,10-11H2,1H3,(H,18,19)/t13-/m0/s1. The van der Waals surface area contributed by atoms with Gasteiger partial charge in [-0.05, 0) is 38.0 Å². The summed E-state index contributed by atoms with van der Waals surface area (Å²) in [5.41, 5.74) is 3.81. The zero-order valence-electron chi connectivity index (χ0n) is 13.6. The van der Waals surface area contributed by atoms with Crippen LogP contribution in [0.15, 0.2) is 30.3 Å². The maximum Gasteiger partial charge on any atom is 0.244 e. The molecule has 1 amide bonds. The average Bonchev–Trinajstić information content (AvgIpc) is 3.22. The van der Waals surface area contributed by atoms with Crippen molar-refractivity contribution in [2.24, 2.45) is 0 Å². The summed E-state index contributed by atoms with van der Waals surface area (Å²) in [6, 6.07) is 9.77. The van der Waals surface area contributed by atoms with Crippen molar-refractivity contribution in [3.63, 3.8) is 0 Å². The number of fused-ring (bicyclic) bond motifs is 1. The number of rotatable bonds is 3. The minimum Gasteiger partial charge on any atom is -0.340 e. The van der Waals surface area contributed by atoms with Crippen molar-refractivity contribution in [3.05, 3.63) is 41.7 Å². The van der Waals surface area contributed by atoms with E-state index >= 15 is 0 Å². The molecule has 1 fully saturated rings. The summed E-state index contributed by atoms with van der Waals surface area (Å²) in [6.07, 6.45) is 2.07. The Labute approximate surface area is 139 Å². The highest BCUT2D eigenvalue weighted by molar-refractivity contribution is 5.80. The molecule has 2 aromatic heterocycles. The number of aromatic amines is 1. The van der Waals surface area contributed by atoms with Gasteiger partial charge in [-0.3, -0.25) is 9.89 Å². The quantitative estimate of drug-likeness (QED) is 0.797. The molecule has 1 aliphatic heterocycles. The molecular weight excluding hydrogens is 304 g/mol. The van der Waals surface area contributed by atoms with Crippen molar-refractivity contribution in [2.45, 2.75) is 32.2 Å². The number of carbonyl (C=O) groups excluding carboxylic acids is 1. The maximum atomic E-state index is 12.7. The minimum absolute atomic E-state index is 0.0858. The molecule has 3 heterocycles. The molecule has 124 valence electrons. The molecule has 0 unspecified atom stereocenters. The first-order valence-corrected chi connectivity index (χ1v) is 8.28. The Hall–Kier alpha value is -2.70. The van der Waals surface area contributed by atoms with Crippen molar-refractivity contribution in [1.82, 2.24) is 30.1 Å². The van der Waals surface area contributed by atoms with Gasteiger partial charge in [-0.2, -0.15) is 5.10 Å². The number of nitrogens with one attached hydrogen (secondary N) is 1. The summed E-state index contributed by atoms with van der Waals surface area (Å²) < 4.78 is 1.68. The topological polar surface area (TPSA) is 79.7 Å². The Kier molecular flexibility index (Phi) is 3.76. The van der Waals surface area contributed by atoms with Gasteiger partial charge in [0, 0.05) is 24.7 Å².